The summed E-state index contributed by atoms with van der Waals surface area (Å²) in [6.07, 6.45) is 16.2. The first kappa shape index (κ1) is 22.7. The van der Waals surface area contributed by atoms with Gasteiger partial charge >= 0.3 is 5.97 Å². The molecule has 2 N–H and O–H groups in total. The van der Waals surface area contributed by atoms with E-state index in [1.165, 1.54) is 64.2 Å². The highest BCUT2D eigenvalue weighted by Crippen LogP contribution is 2.26. The second kappa shape index (κ2) is 13.8. The fourth-order valence-electron chi connectivity index (χ4n) is 3.36. The number of unbranched alkanes of at least 4 members (excludes halogenated alkanes) is 12. The third-order valence-corrected chi connectivity index (χ3v) is 5.01. The summed E-state index contributed by atoms with van der Waals surface area (Å²) in [6.45, 7) is 1.67. The van der Waals surface area contributed by atoms with Gasteiger partial charge in [0.15, 0.2) is 23.2 Å². The molecule has 0 aromatic rings. The molecule has 1 aliphatic rings. The zero-order valence-corrected chi connectivity index (χ0v) is 16.3. The molecule has 0 spiro atoms. The lowest BCUT2D eigenvalue weighted by atomic mass is 9.97. The van der Waals surface area contributed by atoms with Crippen molar-refractivity contribution in [1.82, 2.24) is 0 Å². The molecule has 0 saturated carbocycles. The van der Waals surface area contributed by atoms with Crippen molar-refractivity contribution in [3.63, 3.8) is 0 Å². The number of ketones is 1. The maximum absolute atomic E-state index is 12.1. The Balaban J connectivity index is 1.97. The molecule has 26 heavy (non-hydrogen) atoms. The Morgan fingerprint density at radius 1 is 0.885 bits per heavy atom. The van der Waals surface area contributed by atoms with Gasteiger partial charge < -0.3 is 14.9 Å². The number of cyclic esters (lactones) is 1. The smallest absolute Gasteiger partial charge is 0.329 e. The molecule has 5 nitrogen and oxygen atoms in total. The van der Waals surface area contributed by atoms with Crippen molar-refractivity contribution in [2.75, 3.05) is 6.61 Å². The monoisotopic (exact) mass is 368 g/mol. The molecule has 0 bridgehead atoms. The molecule has 150 valence electrons. The van der Waals surface area contributed by atoms with Crippen LogP contribution < -0.4 is 0 Å². The number of hydrogen-bond donors (Lipinski definition) is 2. The largest absolute Gasteiger partial charge is 0.507 e. The van der Waals surface area contributed by atoms with Gasteiger partial charge in [-0.2, -0.15) is 0 Å². The van der Waals surface area contributed by atoms with Crippen LogP contribution in [0.3, 0.4) is 0 Å². The molecule has 1 heterocycles. The predicted octanol–water partition coefficient (Wildman–Crippen LogP) is 4.97. The van der Waals surface area contributed by atoms with Gasteiger partial charge in [-0.3, -0.25) is 9.59 Å². The van der Waals surface area contributed by atoms with Gasteiger partial charge in [0.25, 0.3) is 0 Å². The molecule has 0 aliphatic carbocycles. The molecule has 1 unspecified atom stereocenters. The van der Waals surface area contributed by atoms with Crippen LogP contribution >= 0.6 is 0 Å². The van der Waals surface area contributed by atoms with Gasteiger partial charge in [-0.25, -0.2) is 0 Å². The molecule has 1 aliphatic heterocycles. The minimum Gasteiger partial charge on any atom is -0.507 e. The van der Waals surface area contributed by atoms with E-state index < -0.39 is 24.3 Å². The van der Waals surface area contributed by atoms with Gasteiger partial charge in [0.1, 0.15) is 6.61 Å². The van der Waals surface area contributed by atoms with Crippen LogP contribution in [0, 0.1) is 5.92 Å². The lowest BCUT2D eigenvalue weighted by Gasteiger charge is -2.06. The Morgan fingerprint density at radius 3 is 1.77 bits per heavy atom. The molecular weight excluding hydrogens is 332 g/mol. The summed E-state index contributed by atoms with van der Waals surface area (Å²) in [4.78, 5) is 23.6. The minimum atomic E-state index is -1.23. The van der Waals surface area contributed by atoms with Gasteiger partial charge in [-0.05, 0) is 6.42 Å². The highest BCUT2D eigenvalue weighted by molar-refractivity contribution is 6.03. The Labute approximate surface area is 157 Å². The number of ether oxygens (including phenoxy) is 1. The van der Waals surface area contributed by atoms with E-state index in [1.807, 2.05) is 0 Å². The van der Waals surface area contributed by atoms with Gasteiger partial charge in [0.2, 0.25) is 0 Å². The number of carbonyl (C=O) groups is 2. The Hall–Kier alpha value is -1.36. The number of esters is 1. The van der Waals surface area contributed by atoms with E-state index >= 15 is 0 Å². The quantitative estimate of drug-likeness (QED) is 0.228. The van der Waals surface area contributed by atoms with Gasteiger partial charge in [-0.15, -0.1) is 0 Å². The fourth-order valence-corrected chi connectivity index (χ4v) is 3.36. The van der Waals surface area contributed by atoms with E-state index in [1.54, 1.807) is 0 Å². The molecule has 5 heteroatoms. The van der Waals surface area contributed by atoms with Crippen LogP contribution in [0.1, 0.15) is 96.8 Å². The Bertz CT molecular complexity index is 455. The molecule has 1 rings (SSSR count). The summed E-state index contributed by atoms with van der Waals surface area (Å²) >= 11 is 0. The minimum absolute atomic E-state index is 0.196. The number of Topliss-reactive ketones (excluding diaryl/α,β-unsaturated/α-hetero) is 1. The van der Waals surface area contributed by atoms with Crippen LogP contribution in [-0.2, 0) is 14.3 Å². The number of aliphatic hydroxyl groups excluding tert-OH is 2. The van der Waals surface area contributed by atoms with Crippen LogP contribution in [0.4, 0.5) is 0 Å². The van der Waals surface area contributed by atoms with Crippen molar-refractivity contribution in [1.29, 1.82) is 0 Å². The lowest BCUT2D eigenvalue weighted by molar-refractivity contribution is -0.144. The number of carbonyl (C=O) groups excluding carboxylic acids is 2. The maximum atomic E-state index is 12.1. The number of rotatable bonds is 16. The van der Waals surface area contributed by atoms with E-state index in [2.05, 4.69) is 6.92 Å². The third kappa shape index (κ3) is 8.35. The molecule has 0 amide bonds. The van der Waals surface area contributed by atoms with E-state index in [9.17, 15) is 14.7 Å². The normalized spacial score (nSPS) is 17.0. The van der Waals surface area contributed by atoms with E-state index in [-0.39, 0.29) is 18.0 Å². The molecular formula is C21H36O5. The Morgan fingerprint density at radius 2 is 1.35 bits per heavy atom. The zero-order chi connectivity index (χ0) is 19.2. The first-order valence-electron chi connectivity index (χ1n) is 10.4. The average molecular weight is 369 g/mol. The highest BCUT2D eigenvalue weighted by atomic mass is 16.6. The van der Waals surface area contributed by atoms with Crippen molar-refractivity contribution in [3.8, 4) is 0 Å². The molecule has 0 aromatic heterocycles. The topological polar surface area (TPSA) is 83.8 Å². The summed E-state index contributed by atoms with van der Waals surface area (Å²) in [5.41, 5.74) is 0. The lowest BCUT2D eigenvalue weighted by Crippen LogP contribution is -2.22. The SMILES string of the molecule is CCCCCCCCCCCCCCCC(=O)C1C(=O)OC(CO)=C1O. The van der Waals surface area contributed by atoms with Crippen LogP contribution in [-0.4, -0.2) is 28.6 Å². The number of hydrogen-bond acceptors (Lipinski definition) is 5. The average Bonchev–Trinajstić information content (AvgIpc) is 2.92. The highest BCUT2D eigenvalue weighted by Gasteiger charge is 2.40. The van der Waals surface area contributed by atoms with E-state index in [4.69, 9.17) is 9.84 Å². The molecule has 0 aromatic carbocycles. The molecule has 1 atom stereocenters. The summed E-state index contributed by atoms with van der Waals surface area (Å²) in [6, 6.07) is 0. The van der Waals surface area contributed by atoms with Crippen LogP contribution in [0.5, 0.6) is 0 Å². The third-order valence-electron chi connectivity index (χ3n) is 5.01. The Kier molecular flexibility index (Phi) is 12.0. The van der Waals surface area contributed by atoms with Crippen molar-refractivity contribution in [2.45, 2.75) is 96.8 Å². The summed E-state index contributed by atoms with van der Waals surface area (Å²) in [5.74, 6) is -2.93. The van der Waals surface area contributed by atoms with E-state index in [0.29, 0.717) is 0 Å². The predicted molar refractivity (Wildman–Crippen MR) is 102 cm³/mol. The van der Waals surface area contributed by atoms with Crippen LogP contribution in [0.15, 0.2) is 11.5 Å². The van der Waals surface area contributed by atoms with Crippen molar-refractivity contribution in [3.05, 3.63) is 11.5 Å². The van der Waals surface area contributed by atoms with Crippen molar-refractivity contribution < 1.29 is 24.5 Å². The fraction of sp³-hybridized carbons (Fsp3) is 0.810. The second-order valence-electron chi connectivity index (χ2n) is 7.28. The van der Waals surface area contributed by atoms with Gasteiger partial charge in [0.05, 0.1) is 0 Å². The van der Waals surface area contributed by atoms with E-state index in [0.717, 1.165) is 19.3 Å². The molecule has 0 fully saturated rings. The van der Waals surface area contributed by atoms with Crippen LogP contribution in [0.2, 0.25) is 0 Å². The van der Waals surface area contributed by atoms with Crippen molar-refractivity contribution >= 4 is 11.8 Å². The van der Waals surface area contributed by atoms with Gasteiger partial charge in [0, 0.05) is 6.42 Å². The first-order chi connectivity index (χ1) is 12.6. The van der Waals surface area contributed by atoms with Gasteiger partial charge in [-0.1, -0.05) is 84.0 Å². The summed E-state index contributed by atoms with van der Waals surface area (Å²) < 4.78 is 4.70. The zero-order valence-electron chi connectivity index (χ0n) is 16.3. The maximum Gasteiger partial charge on any atom is 0.329 e. The first-order valence-corrected chi connectivity index (χ1v) is 10.4. The second-order valence-corrected chi connectivity index (χ2v) is 7.28. The van der Waals surface area contributed by atoms with Crippen LogP contribution in [0.25, 0.3) is 0 Å². The summed E-state index contributed by atoms with van der Waals surface area (Å²) in [5, 5.41) is 18.7. The number of aliphatic hydroxyl groups is 2. The molecule has 0 radical (unpaired) electrons. The standard InChI is InChI=1S/C21H36O5/c1-2-3-4-5-6-7-8-9-10-11-12-13-14-15-17(23)19-20(24)18(16-22)26-21(19)25/h19,22,24H,2-16H2,1H3. The molecule has 0 saturated heterocycles. The van der Waals surface area contributed by atoms with Crippen molar-refractivity contribution in [2.24, 2.45) is 5.92 Å². The summed E-state index contributed by atoms with van der Waals surface area (Å²) in [7, 11) is 0.